The molecule has 0 fully saturated rings. The molecule has 0 radical (unpaired) electrons. The SMILES string of the molecule is CCCCCCC(O[Si](C)(C)C)C(C)C(=O)CC. The summed E-state index contributed by atoms with van der Waals surface area (Å²) in [6.07, 6.45) is 6.79. The molecular formula is C15H32O2Si. The molecule has 0 aliphatic carbocycles. The Bertz CT molecular complexity index is 233. The lowest BCUT2D eigenvalue weighted by Crippen LogP contribution is -2.38. The predicted octanol–water partition coefficient (Wildman–Crippen LogP) is 4.79. The predicted molar refractivity (Wildman–Crippen MR) is 81.4 cm³/mol. The number of ketones is 1. The number of carbonyl (C=O) groups is 1. The van der Waals surface area contributed by atoms with Crippen LogP contribution in [-0.2, 0) is 9.22 Å². The van der Waals surface area contributed by atoms with Gasteiger partial charge in [0.1, 0.15) is 5.78 Å². The molecule has 0 rings (SSSR count). The summed E-state index contributed by atoms with van der Waals surface area (Å²) in [5.41, 5.74) is 0. The second-order valence-corrected chi connectivity index (χ2v) is 10.7. The third kappa shape index (κ3) is 8.04. The third-order valence-electron chi connectivity index (χ3n) is 3.26. The molecule has 0 aromatic rings. The Kier molecular flexibility index (Phi) is 8.79. The Hall–Kier alpha value is -0.153. The minimum absolute atomic E-state index is 0.0587. The molecule has 0 heterocycles. The molecule has 2 atom stereocenters. The van der Waals surface area contributed by atoms with Crippen LogP contribution >= 0.6 is 0 Å². The number of hydrogen-bond acceptors (Lipinski definition) is 2. The molecule has 0 aromatic carbocycles. The van der Waals surface area contributed by atoms with E-state index in [0.717, 1.165) is 6.42 Å². The van der Waals surface area contributed by atoms with Gasteiger partial charge in [-0.15, -0.1) is 0 Å². The minimum atomic E-state index is -1.56. The highest BCUT2D eigenvalue weighted by molar-refractivity contribution is 6.69. The van der Waals surface area contributed by atoms with Crippen molar-refractivity contribution in [1.29, 1.82) is 0 Å². The number of rotatable bonds is 10. The maximum atomic E-state index is 11.9. The van der Waals surface area contributed by atoms with Crippen LogP contribution in [0.4, 0.5) is 0 Å². The van der Waals surface area contributed by atoms with Crippen LogP contribution in [0.15, 0.2) is 0 Å². The van der Waals surface area contributed by atoms with E-state index < -0.39 is 8.32 Å². The Morgan fingerprint density at radius 3 is 2.17 bits per heavy atom. The molecule has 0 aromatic heterocycles. The fourth-order valence-electron chi connectivity index (χ4n) is 2.17. The second-order valence-electron chi connectivity index (χ2n) is 6.23. The topological polar surface area (TPSA) is 26.3 Å². The number of Topliss-reactive ketones (excluding diaryl/α,β-unsaturated/α-hetero) is 1. The lowest BCUT2D eigenvalue weighted by molar-refractivity contribution is -0.125. The number of unbranched alkanes of at least 4 members (excludes halogenated alkanes) is 3. The smallest absolute Gasteiger partial charge is 0.184 e. The summed E-state index contributed by atoms with van der Waals surface area (Å²) in [5, 5.41) is 0. The summed E-state index contributed by atoms with van der Waals surface area (Å²) >= 11 is 0. The zero-order valence-corrected chi connectivity index (χ0v) is 14.2. The Morgan fingerprint density at radius 1 is 1.11 bits per heavy atom. The summed E-state index contributed by atoms with van der Waals surface area (Å²) in [7, 11) is -1.56. The standard InChI is InChI=1S/C15H32O2Si/c1-7-9-10-11-12-15(17-18(4,5)6)13(3)14(16)8-2/h13,15H,7-12H2,1-6H3. The monoisotopic (exact) mass is 272 g/mol. The van der Waals surface area contributed by atoms with E-state index in [1.807, 2.05) is 13.8 Å². The fraction of sp³-hybridized carbons (Fsp3) is 0.933. The molecule has 2 nitrogen and oxygen atoms in total. The Balaban J connectivity index is 4.37. The van der Waals surface area contributed by atoms with Crippen LogP contribution in [0, 0.1) is 5.92 Å². The molecule has 0 amide bonds. The van der Waals surface area contributed by atoms with Crippen LogP contribution in [0.25, 0.3) is 0 Å². The van der Waals surface area contributed by atoms with Gasteiger partial charge >= 0.3 is 0 Å². The quantitative estimate of drug-likeness (QED) is 0.422. The first-order valence-corrected chi connectivity index (χ1v) is 10.9. The normalized spacial score (nSPS) is 15.4. The average Bonchev–Trinajstić information content (AvgIpc) is 2.29. The highest BCUT2D eigenvalue weighted by Crippen LogP contribution is 2.22. The van der Waals surface area contributed by atoms with Crippen molar-refractivity contribution in [3.63, 3.8) is 0 Å². The summed E-state index contributed by atoms with van der Waals surface area (Å²) < 4.78 is 6.22. The van der Waals surface area contributed by atoms with E-state index in [1.54, 1.807) is 0 Å². The zero-order chi connectivity index (χ0) is 14.2. The van der Waals surface area contributed by atoms with Gasteiger partial charge in [0.25, 0.3) is 0 Å². The van der Waals surface area contributed by atoms with Gasteiger partial charge in [0, 0.05) is 12.3 Å². The molecule has 3 heteroatoms. The van der Waals surface area contributed by atoms with Crippen LogP contribution < -0.4 is 0 Å². The van der Waals surface area contributed by atoms with Crippen LogP contribution in [-0.4, -0.2) is 20.2 Å². The zero-order valence-electron chi connectivity index (χ0n) is 13.2. The van der Waals surface area contributed by atoms with Crippen molar-refractivity contribution < 1.29 is 9.22 Å². The molecule has 0 spiro atoms. The Morgan fingerprint density at radius 2 is 1.72 bits per heavy atom. The van der Waals surface area contributed by atoms with E-state index in [1.165, 1.54) is 25.7 Å². The van der Waals surface area contributed by atoms with E-state index >= 15 is 0 Å². The first-order valence-electron chi connectivity index (χ1n) is 7.52. The summed E-state index contributed by atoms with van der Waals surface area (Å²) in [6.45, 7) is 12.8. The maximum Gasteiger partial charge on any atom is 0.184 e. The first kappa shape index (κ1) is 17.8. The van der Waals surface area contributed by atoms with Gasteiger partial charge in [0.15, 0.2) is 8.32 Å². The maximum absolute atomic E-state index is 11.9. The van der Waals surface area contributed by atoms with Gasteiger partial charge in [0.05, 0.1) is 6.10 Å². The van der Waals surface area contributed by atoms with E-state index in [-0.39, 0.29) is 12.0 Å². The van der Waals surface area contributed by atoms with Crippen molar-refractivity contribution in [2.24, 2.45) is 5.92 Å². The summed E-state index contributed by atoms with van der Waals surface area (Å²) in [6, 6.07) is 0. The van der Waals surface area contributed by atoms with Crippen molar-refractivity contribution in [2.75, 3.05) is 0 Å². The van der Waals surface area contributed by atoms with Crippen molar-refractivity contribution in [2.45, 2.75) is 85.0 Å². The molecule has 2 unspecified atom stereocenters. The molecule has 18 heavy (non-hydrogen) atoms. The largest absolute Gasteiger partial charge is 0.414 e. The van der Waals surface area contributed by atoms with Gasteiger partial charge in [-0.2, -0.15) is 0 Å². The molecule has 0 N–H and O–H groups in total. The van der Waals surface area contributed by atoms with Gasteiger partial charge in [-0.05, 0) is 26.1 Å². The van der Waals surface area contributed by atoms with Gasteiger partial charge < -0.3 is 4.43 Å². The van der Waals surface area contributed by atoms with Crippen molar-refractivity contribution >= 4 is 14.1 Å². The highest BCUT2D eigenvalue weighted by atomic mass is 28.4. The Labute approximate surface area is 115 Å². The third-order valence-corrected chi connectivity index (χ3v) is 4.27. The molecule has 108 valence electrons. The lowest BCUT2D eigenvalue weighted by Gasteiger charge is -2.30. The molecule has 0 bridgehead atoms. The highest BCUT2D eigenvalue weighted by Gasteiger charge is 2.28. The van der Waals surface area contributed by atoms with Crippen LogP contribution in [0.2, 0.25) is 19.6 Å². The molecule has 0 saturated heterocycles. The number of carbonyl (C=O) groups excluding carboxylic acids is 1. The van der Waals surface area contributed by atoms with Crippen LogP contribution in [0.1, 0.15) is 59.3 Å². The minimum Gasteiger partial charge on any atom is -0.414 e. The average molecular weight is 273 g/mol. The van der Waals surface area contributed by atoms with Gasteiger partial charge in [0.2, 0.25) is 0 Å². The van der Waals surface area contributed by atoms with Crippen molar-refractivity contribution in [3.8, 4) is 0 Å². The fourth-order valence-corrected chi connectivity index (χ4v) is 3.40. The van der Waals surface area contributed by atoms with Crippen molar-refractivity contribution in [1.82, 2.24) is 0 Å². The summed E-state index contributed by atoms with van der Waals surface area (Å²) in [4.78, 5) is 11.9. The van der Waals surface area contributed by atoms with E-state index in [2.05, 4.69) is 26.6 Å². The van der Waals surface area contributed by atoms with Gasteiger partial charge in [-0.1, -0.05) is 46.5 Å². The van der Waals surface area contributed by atoms with Crippen LogP contribution in [0.5, 0.6) is 0 Å². The van der Waals surface area contributed by atoms with Crippen molar-refractivity contribution in [3.05, 3.63) is 0 Å². The molecule has 0 aliphatic heterocycles. The van der Waals surface area contributed by atoms with E-state index in [4.69, 9.17) is 4.43 Å². The molecule has 0 aliphatic rings. The second kappa shape index (κ2) is 8.86. The first-order chi connectivity index (χ1) is 8.31. The number of hydrogen-bond donors (Lipinski definition) is 0. The van der Waals surface area contributed by atoms with Crippen LogP contribution in [0.3, 0.4) is 0 Å². The van der Waals surface area contributed by atoms with Gasteiger partial charge in [-0.25, -0.2) is 0 Å². The lowest BCUT2D eigenvalue weighted by atomic mass is 9.94. The van der Waals surface area contributed by atoms with E-state index in [0.29, 0.717) is 12.2 Å². The van der Waals surface area contributed by atoms with Gasteiger partial charge in [-0.3, -0.25) is 4.79 Å². The molecular weight excluding hydrogens is 240 g/mol. The van der Waals surface area contributed by atoms with E-state index in [9.17, 15) is 4.79 Å². The molecule has 0 saturated carbocycles. The summed E-state index contributed by atoms with van der Waals surface area (Å²) in [5.74, 6) is 0.400.